The first-order valence-electron chi connectivity index (χ1n) is 5.35. The highest BCUT2D eigenvalue weighted by molar-refractivity contribution is 5.61. The highest BCUT2D eigenvalue weighted by Crippen LogP contribution is 2.22. The first-order chi connectivity index (χ1) is 7.83. The summed E-state index contributed by atoms with van der Waals surface area (Å²) >= 11 is 0. The molecule has 0 radical (unpaired) electrons. The van der Waals surface area contributed by atoms with Gasteiger partial charge in [-0.3, -0.25) is 0 Å². The van der Waals surface area contributed by atoms with Gasteiger partial charge in [-0.15, -0.1) is 0 Å². The maximum atomic E-state index is 5.52. The van der Waals surface area contributed by atoms with Crippen molar-refractivity contribution >= 4 is 0 Å². The first-order valence-corrected chi connectivity index (χ1v) is 5.35. The first kappa shape index (κ1) is 10.8. The minimum absolute atomic E-state index is 0.680. The normalized spacial score (nSPS) is 10.4. The van der Waals surface area contributed by atoms with Crippen LogP contribution in [0.1, 0.15) is 5.56 Å². The van der Waals surface area contributed by atoms with Gasteiger partial charge < -0.3 is 15.5 Å². The minimum Gasteiger partial charge on any atom is -0.497 e. The zero-order valence-electron chi connectivity index (χ0n) is 9.36. The van der Waals surface area contributed by atoms with Crippen LogP contribution in [0.5, 0.6) is 5.75 Å². The number of hydrogen-bond donors (Lipinski definition) is 2. The number of nitrogens with two attached hydrogens (primary N) is 1. The summed E-state index contributed by atoms with van der Waals surface area (Å²) < 4.78 is 5.12. The number of aromatic nitrogens is 1. The monoisotopic (exact) mass is 216 g/mol. The van der Waals surface area contributed by atoms with E-state index in [-0.39, 0.29) is 0 Å². The molecule has 1 aromatic heterocycles. The lowest BCUT2D eigenvalue weighted by Crippen LogP contribution is -2.01. The second-order valence-corrected chi connectivity index (χ2v) is 3.69. The molecule has 0 unspecified atom stereocenters. The van der Waals surface area contributed by atoms with Crippen LogP contribution in [0.2, 0.25) is 0 Å². The third-order valence-corrected chi connectivity index (χ3v) is 2.58. The number of aromatic amines is 1. The van der Waals surface area contributed by atoms with Gasteiger partial charge in [0, 0.05) is 11.9 Å². The van der Waals surface area contributed by atoms with Gasteiger partial charge in [-0.1, -0.05) is 0 Å². The summed E-state index contributed by atoms with van der Waals surface area (Å²) in [4.78, 5) is 3.25. The third-order valence-electron chi connectivity index (χ3n) is 2.58. The molecule has 0 aliphatic rings. The Morgan fingerprint density at radius 2 is 2.00 bits per heavy atom. The zero-order chi connectivity index (χ0) is 11.4. The standard InChI is InChI=1S/C13H16N2O/c1-16-12-4-2-11(3-5-12)13-8-10(6-7-14)9-15-13/h2-5,8-9,15H,6-7,14H2,1H3. The van der Waals surface area contributed by atoms with Gasteiger partial charge in [0.1, 0.15) is 5.75 Å². The van der Waals surface area contributed by atoms with Gasteiger partial charge >= 0.3 is 0 Å². The molecule has 0 aliphatic carbocycles. The fraction of sp³-hybridized carbons (Fsp3) is 0.231. The molecule has 2 aromatic rings. The maximum absolute atomic E-state index is 5.52. The Balaban J connectivity index is 2.21. The number of hydrogen-bond acceptors (Lipinski definition) is 2. The van der Waals surface area contributed by atoms with E-state index in [0.29, 0.717) is 6.54 Å². The average molecular weight is 216 g/mol. The Hall–Kier alpha value is -1.74. The number of benzene rings is 1. The van der Waals surface area contributed by atoms with Crippen LogP contribution in [0.4, 0.5) is 0 Å². The zero-order valence-corrected chi connectivity index (χ0v) is 9.36. The van der Waals surface area contributed by atoms with Gasteiger partial charge in [-0.25, -0.2) is 0 Å². The van der Waals surface area contributed by atoms with E-state index >= 15 is 0 Å². The molecule has 3 nitrogen and oxygen atoms in total. The Bertz CT molecular complexity index is 445. The summed E-state index contributed by atoms with van der Waals surface area (Å²) in [6.45, 7) is 0.680. The molecule has 3 heteroatoms. The van der Waals surface area contributed by atoms with Crippen molar-refractivity contribution < 1.29 is 4.74 Å². The van der Waals surface area contributed by atoms with E-state index in [1.165, 1.54) is 5.56 Å². The summed E-state index contributed by atoms with van der Waals surface area (Å²) in [5, 5.41) is 0. The summed E-state index contributed by atoms with van der Waals surface area (Å²) in [6, 6.07) is 10.1. The fourth-order valence-corrected chi connectivity index (χ4v) is 1.69. The molecule has 84 valence electrons. The van der Waals surface area contributed by atoms with Gasteiger partial charge in [-0.2, -0.15) is 0 Å². The van der Waals surface area contributed by atoms with Gasteiger partial charge in [0.2, 0.25) is 0 Å². The molecule has 0 amide bonds. The largest absolute Gasteiger partial charge is 0.497 e. The van der Waals surface area contributed by atoms with E-state index in [1.807, 2.05) is 30.5 Å². The molecule has 0 fully saturated rings. The summed E-state index contributed by atoms with van der Waals surface area (Å²) in [5.74, 6) is 0.873. The second-order valence-electron chi connectivity index (χ2n) is 3.69. The smallest absolute Gasteiger partial charge is 0.118 e. The van der Waals surface area contributed by atoms with Crippen LogP contribution >= 0.6 is 0 Å². The molecule has 1 heterocycles. The van der Waals surface area contributed by atoms with Crippen molar-refractivity contribution in [2.45, 2.75) is 6.42 Å². The Morgan fingerprint density at radius 3 is 2.62 bits per heavy atom. The van der Waals surface area contributed by atoms with Crippen molar-refractivity contribution in [2.24, 2.45) is 5.73 Å². The molecule has 0 spiro atoms. The SMILES string of the molecule is COc1ccc(-c2cc(CCN)c[nH]2)cc1. The van der Waals surface area contributed by atoms with Crippen LogP contribution in [0, 0.1) is 0 Å². The quantitative estimate of drug-likeness (QED) is 0.823. The lowest BCUT2D eigenvalue weighted by molar-refractivity contribution is 0.415. The molecule has 16 heavy (non-hydrogen) atoms. The van der Waals surface area contributed by atoms with Gasteiger partial charge in [0.25, 0.3) is 0 Å². The number of methoxy groups -OCH3 is 1. The molecular weight excluding hydrogens is 200 g/mol. The maximum Gasteiger partial charge on any atom is 0.118 e. The average Bonchev–Trinajstić information content (AvgIpc) is 2.78. The number of ether oxygens (including phenoxy) is 1. The predicted molar refractivity (Wildman–Crippen MR) is 65.5 cm³/mol. The van der Waals surface area contributed by atoms with Crippen LogP contribution in [0.15, 0.2) is 36.5 Å². The molecule has 3 N–H and O–H groups in total. The number of nitrogens with one attached hydrogen (secondary N) is 1. The molecule has 0 atom stereocenters. The lowest BCUT2D eigenvalue weighted by atomic mass is 10.1. The van der Waals surface area contributed by atoms with E-state index < -0.39 is 0 Å². The molecule has 0 saturated heterocycles. The Labute approximate surface area is 95.2 Å². The molecule has 0 bridgehead atoms. The molecule has 0 aliphatic heterocycles. The van der Waals surface area contributed by atoms with Gasteiger partial charge in [-0.05, 0) is 54.4 Å². The fourth-order valence-electron chi connectivity index (χ4n) is 1.69. The van der Waals surface area contributed by atoms with Crippen LogP contribution in [0.25, 0.3) is 11.3 Å². The van der Waals surface area contributed by atoms with Crippen molar-refractivity contribution in [3.63, 3.8) is 0 Å². The lowest BCUT2D eigenvalue weighted by Gasteiger charge is -2.01. The second kappa shape index (κ2) is 4.86. The highest BCUT2D eigenvalue weighted by atomic mass is 16.5. The van der Waals surface area contributed by atoms with E-state index in [9.17, 15) is 0 Å². The Kier molecular flexibility index (Phi) is 3.27. The van der Waals surface area contributed by atoms with E-state index in [2.05, 4.69) is 11.1 Å². The summed E-state index contributed by atoms with van der Waals surface area (Å²) in [5.41, 5.74) is 9.03. The summed E-state index contributed by atoms with van der Waals surface area (Å²) in [6.07, 6.45) is 2.92. The van der Waals surface area contributed by atoms with E-state index in [0.717, 1.165) is 23.4 Å². The topological polar surface area (TPSA) is 51.0 Å². The van der Waals surface area contributed by atoms with Gasteiger partial charge in [0.05, 0.1) is 7.11 Å². The van der Waals surface area contributed by atoms with Crippen LogP contribution in [-0.2, 0) is 6.42 Å². The van der Waals surface area contributed by atoms with Crippen molar-refractivity contribution in [2.75, 3.05) is 13.7 Å². The van der Waals surface area contributed by atoms with Gasteiger partial charge in [0.15, 0.2) is 0 Å². The van der Waals surface area contributed by atoms with Crippen LogP contribution in [-0.4, -0.2) is 18.6 Å². The van der Waals surface area contributed by atoms with Crippen LogP contribution in [0.3, 0.4) is 0 Å². The van der Waals surface area contributed by atoms with Crippen molar-refractivity contribution in [1.82, 2.24) is 4.98 Å². The highest BCUT2D eigenvalue weighted by Gasteiger charge is 2.01. The predicted octanol–water partition coefficient (Wildman–Crippen LogP) is 2.19. The molecular formula is C13H16N2O. The van der Waals surface area contributed by atoms with Crippen molar-refractivity contribution in [3.8, 4) is 17.0 Å². The molecule has 1 aromatic carbocycles. The molecule has 0 saturated carbocycles. The minimum atomic E-state index is 0.680. The van der Waals surface area contributed by atoms with E-state index in [4.69, 9.17) is 10.5 Å². The van der Waals surface area contributed by atoms with E-state index in [1.54, 1.807) is 7.11 Å². The Morgan fingerprint density at radius 1 is 1.25 bits per heavy atom. The van der Waals surface area contributed by atoms with Crippen LogP contribution < -0.4 is 10.5 Å². The number of H-pyrrole nitrogens is 1. The summed E-state index contributed by atoms with van der Waals surface area (Å²) in [7, 11) is 1.67. The van der Waals surface area contributed by atoms with Crippen molar-refractivity contribution in [3.05, 3.63) is 42.1 Å². The number of rotatable bonds is 4. The molecule has 2 rings (SSSR count). The van der Waals surface area contributed by atoms with Crippen molar-refractivity contribution in [1.29, 1.82) is 0 Å². The third kappa shape index (κ3) is 2.25.